The molecule has 0 bridgehead atoms. The summed E-state index contributed by atoms with van der Waals surface area (Å²) in [6.07, 6.45) is 0.523. The van der Waals surface area contributed by atoms with E-state index in [-0.39, 0.29) is 0 Å². The molecule has 2 rings (SSSR count). The molecule has 0 aromatic carbocycles. The number of nitrogens with zero attached hydrogens (tertiary/aromatic N) is 1. The molecule has 2 fully saturated rings. The second-order valence-corrected chi connectivity index (χ2v) is 4.80. The Balaban J connectivity index is 2.01. The van der Waals surface area contributed by atoms with Crippen LogP contribution < -0.4 is 0 Å². The first kappa shape index (κ1) is 7.90. The molecule has 11 heavy (non-hydrogen) atoms. The molecular weight excluding hydrogens is 158 g/mol. The summed E-state index contributed by atoms with van der Waals surface area (Å²) in [5.41, 5.74) is 0. The number of thioether (sulfide) groups is 1. The van der Waals surface area contributed by atoms with Crippen molar-refractivity contribution in [3.63, 3.8) is 0 Å². The Kier molecular flexibility index (Phi) is 2.12. The van der Waals surface area contributed by atoms with Gasteiger partial charge in [-0.25, -0.2) is 0 Å². The molecule has 3 heteroatoms. The molecule has 0 aromatic heterocycles. The molecule has 0 spiro atoms. The lowest BCUT2D eigenvalue weighted by Crippen LogP contribution is -2.25. The molecule has 3 unspecified atom stereocenters. The van der Waals surface area contributed by atoms with Crippen LogP contribution in [0.3, 0.4) is 0 Å². The molecule has 0 N–H and O–H groups in total. The van der Waals surface area contributed by atoms with E-state index in [4.69, 9.17) is 4.74 Å². The minimum absolute atomic E-state index is 0.523. The van der Waals surface area contributed by atoms with Gasteiger partial charge in [0.2, 0.25) is 0 Å². The molecule has 0 radical (unpaired) electrons. The van der Waals surface area contributed by atoms with Gasteiger partial charge in [0.25, 0.3) is 0 Å². The molecule has 64 valence electrons. The van der Waals surface area contributed by atoms with E-state index in [0.29, 0.717) is 6.10 Å². The van der Waals surface area contributed by atoms with Crippen molar-refractivity contribution in [1.29, 1.82) is 0 Å². The van der Waals surface area contributed by atoms with Crippen molar-refractivity contribution in [2.24, 2.45) is 5.92 Å². The fourth-order valence-electron chi connectivity index (χ4n) is 2.11. The molecule has 2 nitrogen and oxygen atoms in total. The minimum atomic E-state index is 0.523. The number of fused-ring (bicyclic) bond motifs is 1. The van der Waals surface area contributed by atoms with E-state index in [9.17, 15) is 0 Å². The summed E-state index contributed by atoms with van der Waals surface area (Å²) in [5.74, 6) is 2.01. The van der Waals surface area contributed by atoms with Crippen LogP contribution in [0, 0.1) is 5.92 Å². The monoisotopic (exact) mass is 173 g/mol. The Morgan fingerprint density at radius 2 is 2.27 bits per heavy atom. The summed E-state index contributed by atoms with van der Waals surface area (Å²) >= 11 is 2.08. The van der Waals surface area contributed by atoms with Crippen LogP contribution in [-0.4, -0.2) is 49.3 Å². The van der Waals surface area contributed by atoms with Crippen molar-refractivity contribution in [1.82, 2.24) is 4.90 Å². The zero-order valence-electron chi connectivity index (χ0n) is 7.12. The van der Waals surface area contributed by atoms with Gasteiger partial charge in [0.15, 0.2) is 0 Å². The van der Waals surface area contributed by atoms with E-state index in [0.717, 1.165) is 11.2 Å². The molecule has 2 heterocycles. The topological polar surface area (TPSA) is 12.5 Å². The SMILES string of the molecule is COC1CSC2CN(C)CC12. The Hall–Kier alpha value is 0.270. The van der Waals surface area contributed by atoms with Crippen molar-refractivity contribution in [2.45, 2.75) is 11.4 Å². The maximum absolute atomic E-state index is 5.43. The third-order valence-corrected chi connectivity index (χ3v) is 4.19. The number of ether oxygens (including phenoxy) is 1. The van der Waals surface area contributed by atoms with Crippen molar-refractivity contribution >= 4 is 11.8 Å². The number of rotatable bonds is 1. The molecule has 0 aromatic rings. The van der Waals surface area contributed by atoms with Gasteiger partial charge in [0.1, 0.15) is 0 Å². The van der Waals surface area contributed by atoms with Crippen molar-refractivity contribution in [3.05, 3.63) is 0 Å². The van der Waals surface area contributed by atoms with Gasteiger partial charge < -0.3 is 9.64 Å². The third-order valence-electron chi connectivity index (χ3n) is 2.75. The second-order valence-electron chi connectivity index (χ2n) is 3.53. The van der Waals surface area contributed by atoms with Crippen LogP contribution in [0.15, 0.2) is 0 Å². The molecule has 0 saturated carbocycles. The average Bonchev–Trinajstić information content (AvgIpc) is 2.45. The predicted octanol–water partition coefficient (Wildman–Crippen LogP) is 0.678. The van der Waals surface area contributed by atoms with Crippen LogP contribution in [0.1, 0.15) is 0 Å². The summed E-state index contributed by atoms with van der Waals surface area (Å²) in [6, 6.07) is 0. The number of methoxy groups -OCH3 is 1. The summed E-state index contributed by atoms with van der Waals surface area (Å²) < 4.78 is 5.43. The number of hydrogen-bond donors (Lipinski definition) is 0. The first-order valence-electron chi connectivity index (χ1n) is 4.14. The lowest BCUT2D eigenvalue weighted by atomic mass is 10.0. The van der Waals surface area contributed by atoms with Crippen molar-refractivity contribution < 1.29 is 4.74 Å². The van der Waals surface area contributed by atoms with Crippen LogP contribution in [0.25, 0.3) is 0 Å². The predicted molar refractivity (Wildman–Crippen MR) is 48.0 cm³/mol. The smallest absolute Gasteiger partial charge is 0.0713 e. The fraction of sp³-hybridized carbons (Fsp3) is 1.00. The van der Waals surface area contributed by atoms with E-state index in [1.807, 2.05) is 7.11 Å². The maximum Gasteiger partial charge on any atom is 0.0713 e. The van der Waals surface area contributed by atoms with Crippen LogP contribution in [-0.2, 0) is 4.74 Å². The van der Waals surface area contributed by atoms with Gasteiger partial charge in [0, 0.05) is 37.1 Å². The van der Waals surface area contributed by atoms with Gasteiger partial charge in [-0.05, 0) is 7.05 Å². The van der Waals surface area contributed by atoms with E-state index < -0.39 is 0 Å². The molecule has 3 atom stereocenters. The van der Waals surface area contributed by atoms with Crippen molar-refractivity contribution in [3.8, 4) is 0 Å². The molecule has 2 aliphatic rings. The molecule has 0 amide bonds. The molecule has 0 aliphatic carbocycles. The average molecular weight is 173 g/mol. The van der Waals surface area contributed by atoms with Gasteiger partial charge in [0.05, 0.1) is 6.10 Å². The number of likely N-dealkylation sites (tertiary alicyclic amines) is 1. The van der Waals surface area contributed by atoms with Gasteiger partial charge in [-0.15, -0.1) is 0 Å². The van der Waals surface area contributed by atoms with Gasteiger partial charge in [-0.1, -0.05) is 0 Å². The standard InChI is InChI=1S/C8H15NOS/c1-9-3-6-7(10-2)5-11-8(6)4-9/h6-8H,3-5H2,1-2H3. The normalized spacial score (nSPS) is 44.7. The third kappa shape index (κ3) is 1.30. The highest BCUT2D eigenvalue weighted by molar-refractivity contribution is 8.00. The lowest BCUT2D eigenvalue weighted by molar-refractivity contribution is 0.0822. The molecule has 2 saturated heterocycles. The lowest BCUT2D eigenvalue weighted by Gasteiger charge is -2.15. The minimum Gasteiger partial charge on any atom is -0.380 e. The first-order chi connectivity index (χ1) is 5.31. The van der Waals surface area contributed by atoms with E-state index in [1.165, 1.54) is 18.8 Å². The van der Waals surface area contributed by atoms with Crippen LogP contribution >= 0.6 is 11.8 Å². The fourth-order valence-corrected chi connectivity index (χ4v) is 3.80. The Morgan fingerprint density at radius 1 is 1.45 bits per heavy atom. The van der Waals surface area contributed by atoms with Gasteiger partial charge in [-0.2, -0.15) is 11.8 Å². The van der Waals surface area contributed by atoms with Crippen molar-refractivity contribution in [2.75, 3.05) is 33.0 Å². The highest BCUT2D eigenvalue weighted by Gasteiger charge is 2.42. The zero-order chi connectivity index (χ0) is 7.84. The number of hydrogen-bond acceptors (Lipinski definition) is 3. The molecular formula is C8H15NOS. The Morgan fingerprint density at radius 3 is 3.00 bits per heavy atom. The highest BCUT2D eigenvalue weighted by atomic mass is 32.2. The zero-order valence-corrected chi connectivity index (χ0v) is 7.93. The first-order valence-corrected chi connectivity index (χ1v) is 5.19. The van der Waals surface area contributed by atoms with E-state index in [1.54, 1.807) is 0 Å². The Labute approximate surface area is 72.3 Å². The quantitative estimate of drug-likeness (QED) is 0.578. The second kappa shape index (κ2) is 2.96. The Bertz CT molecular complexity index is 151. The van der Waals surface area contributed by atoms with Crippen LogP contribution in [0.2, 0.25) is 0 Å². The van der Waals surface area contributed by atoms with Gasteiger partial charge >= 0.3 is 0 Å². The summed E-state index contributed by atoms with van der Waals surface area (Å²) in [5, 5.41) is 0.852. The largest absolute Gasteiger partial charge is 0.380 e. The summed E-state index contributed by atoms with van der Waals surface area (Å²) in [7, 11) is 4.04. The summed E-state index contributed by atoms with van der Waals surface area (Å²) in [4.78, 5) is 2.41. The van der Waals surface area contributed by atoms with Gasteiger partial charge in [-0.3, -0.25) is 0 Å². The molecule has 2 aliphatic heterocycles. The summed E-state index contributed by atoms with van der Waals surface area (Å²) in [6.45, 7) is 2.49. The van der Waals surface area contributed by atoms with Crippen LogP contribution in [0.4, 0.5) is 0 Å². The van der Waals surface area contributed by atoms with Crippen LogP contribution in [0.5, 0.6) is 0 Å². The highest BCUT2D eigenvalue weighted by Crippen LogP contribution is 2.38. The van der Waals surface area contributed by atoms with E-state index >= 15 is 0 Å². The van der Waals surface area contributed by atoms with E-state index in [2.05, 4.69) is 23.7 Å². The maximum atomic E-state index is 5.43.